The van der Waals surface area contributed by atoms with Crippen molar-refractivity contribution in [3.8, 4) is 12.1 Å². The Bertz CT molecular complexity index is 1600. The molecule has 0 saturated heterocycles. The van der Waals surface area contributed by atoms with Crippen molar-refractivity contribution in [2.24, 2.45) is 5.73 Å². The van der Waals surface area contributed by atoms with Crippen molar-refractivity contribution in [3.63, 3.8) is 0 Å². The molecule has 1 amide bonds. The molecule has 1 atom stereocenters. The number of hydrogen-bond donors (Lipinski definition) is 1. The summed E-state index contributed by atoms with van der Waals surface area (Å²) in [5, 5.41) is 21.3. The Morgan fingerprint density at radius 3 is 2.31 bits per heavy atom. The SMILES string of the molecule is N#CC1=C(N)N2C(=C(C#N)[C@]13C(=O)N(Cc1ccccc1F)c1ccccc13)Sc1ccccc12. The molecule has 168 valence electrons. The highest BCUT2D eigenvalue weighted by Crippen LogP contribution is 2.60. The van der Waals surface area contributed by atoms with E-state index in [1.807, 2.05) is 24.3 Å². The maximum Gasteiger partial charge on any atom is 0.248 e. The first-order chi connectivity index (χ1) is 17.0. The van der Waals surface area contributed by atoms with Crippen molar-refractivity contribution in [3.05, 3.63) is 112 Å². The Hall–Kier alpha value is -4.53. The van der Waals surface area contributed by atoms with Crippen LogP contribution in [0.5, 0.6) is 0 Å². The smallest absolute Gasteiger partial charge is 0.248 e. The summed E-state index contributed by atoms with van der Waals surface area (Å²) in [4.78, 5) is 18.3. The zero-order valence-electron chi connectivity index (χ0n) is 18.2. The van der Waals surface area contributed by atoms with Crippen molar-refractivity contribution in [1.82, 2.24) is 0 Å². The first-order valence-corrected chi connectivity index (χ1v) is 11.6. The lowest BCUT2D eigenvalue weighted by Gasteiger charge is -2.37. The summed E-state index contributed by atoms with van der Waals surface area (Å²) in [6.07, 6.45) is 0. The monoisotopic (exact) mass is 477 g/mol. The molecule has 0 unspecified atom stereocenters. The van der Waals surface area contributed by atoms with Gasteiger partial charge in [-0.1, -0.05) is 60.3 Å². The van der Waals surface area contributed by atoms with Gasteiger partial charge in [0.25, 0.3) is 0 Å². The van der Waals surface area contributed by atoms with Crippen molar-refractivity contribution >= 4 is 29.0 Å². The van der Waals surface area contributed by atoms with Gasteiger partial charge in [-0.15, -0.1) is 0 Å². The van der Waals surface area contributed by atoms with E-state index in [9.17, 15) is 19.7 Å². The van der Waals surface area contributed by atoms with Crippen LogP contribution in [0, 0.1) is 28.5 Å². The number of nitrogens with zero attached hydrogens (tertiary/aromatic N) is 4. The number of nitriles is 2. The lowest BCUT2D eigenvalue weighted by molar-refractivity contribution is -0.120. The zero-order chi connectivity index (χ0) is 24.3. The van der Waals surface area contributed by atoms with Crippen LogP contribution in [0.3, 0.4) is 0 Å². The number of carbonyl (C=O) groups excluding carboxylic acids is 1. The Labute approximate surface area is 205 Å². The fourth-order valence-electron chi connectivity index (χ4n) is 5.14. The predicted octanol–water partition coefficient (Wildman–Crippen LogP) is 4.67. The maximum absolute atomic E-state index is 14.6. The first-order valence-electron chi connectivity index (χ1n) is 10.8. The average molecular weight is 478 g/mol. The second-order valence-electron chi connectivity index (χ2n) is 8.32. The van der Waals surface area contributed by atoms with Crippen LogP contribution in [0.1, 0.15) is 11.1 Å². The van der Waals surface area contributed by atoms with Gasteiger partial charge in [0.2, 0.25) is 5.91 Å². The van der Waals surface area contributed by atoms with Crippen LogP contribution in [0.25, 0.3) is 0 Å². The number of benzene rings is 3. The molecular formula is C27H16FN5OS. The van der Waals surface area contributed by atoms with Gasteiger partial charge in [-0.25, -0.2) is 4.39 Å². The molecule has 2 N–H and O–H groups in total. The van der Waals surface area contributed by atoms with E-state index in [0.29, 0.717) is 21.8 Å². The third-order valence-electron chi connectivity index (χ3n) is 6.65. The van der Waals surface area contributed by atoms with Crippen LogP contribution in [0.2, 0.25) is 0 Å². The molecule has 3 aromatic rings. The number of rotatable bonds is 2. The fraction of sp³-hybridized carbons (Fsp3) is 0.0741. The van der Waals surface area contributed by atoms with Gasteiger partial charge < -0.3 is 10.6 Å². The highest BCUT2D eigenvalue weighted by molar-refractivity contribution is 8.03. The summed E-state index contributed by atoms with van der Waals surface area (Å²) in [6, 6.07) is 25.1. The highest BCUT2D eigenvalue weighted by atomic mass is 32.2. The van der Waals surface area contributed by atoms with Crippen LogP contribution in [-0.2, 0) is 16.8 Å². The number of halogens is 1. The van der Waals surface area contributed by atoms with Crippen molar-refractivity contribution in [1.29, 1.82) is 10.5 Å². The quantitative estimate of drug-likeness (QED) is 0.576. The van der Waals surface area contributed by atoms with E-state index in [4.69, 9.17) is 5.73 Å². The molecule has 3 heterocycles. The van der Waals surface area contributed by atoms with Gasteiger partial charge in [0, 0.05) is 21.7 Å². The molecule has 6 rings (SSSR count). The lowest BCUT2D eigenvalue weighted by atomic mass is 9.68. The molecule has 0 fully saturated rings. The van der Waals surface area contributed by atoms with E-state index in [0.717, 1.165) is 10.6 Å². The van der Waals surface area contributed by atoms with E-state index >= 15 is 0 Å². The Morgan fingerprint density at radius 1 is 0.914 bits per heavy atom. The lowest BCUT2D eigenvalue weighted by Crippen LogP contribution is -2.48. The number of para-hydroxylation sites is 2. The van der Waals surface area contributed by atoms with Gasteiger partial charge in [0.1, 0.15) is 22.7 Å². The molecule has 0 radical (unpaired) electrons. The normalized spacial score (nSPS) is 20.0. The van der Waals surface area contributed by atoms with Crippen LogP contribution >= 0.6 is 11.8 Å². The molecule has 35 heavy (non-hydrogen) atoms. The number of hydrogen-bond acceptors (Lipinski definition) is 6. The van der Waals surface area contributed by atoms with Crippen molar-refractivity contribution in [2.45, 2.75) is 16.9 Å². The number of carbonyl (C=O) groups is 1. The molecule has 3 aromatic carbocycles. The maximum atomic E-state index is 14.6. The molecule has 1 spiro atoms. The Kier molecular flexibility index (Phi) is 4.50. The molecule has 3 aliphatic rings. The molecule has 0 aromatic heterocycles. The minimum atomic E-state index is -1.71. The summed E-state index contributed by atoms with van der Waals surface area (Å²) in [5.74, 6) is -0.832. The second-order valence-corrected chi connectivity index (χ2v) is 9.35. The van der Waals surface area contributed by atoms with Gasteiger partial charge in [0.15, 0.2) is 5.41 Å². The van der Waals surface area contributed by atoms with Gasteiger partial charge in [-0.05, 0) is 24.3 Å². The zero-order valence-corrected chi connectivity index (χ0v) is 19.0. The first kappa shape index (κ1) is 21.0. The number of anilines is 2. The Balaban J connectivity index is 1.63. The number of amides is 1. The molecule has 0 bridgehead atoms. The molecule has 3 aliphatic heterocycles. The number of nitrogens with two attached hydrogens (primary N) is 1. The van der Waals surface area contributed by atoms with E-state index in [2.05, 4.69) is 12.1 Å². The second kappa shape index (κ2) is 7.49. The van der Waals surface area contributed by atoms with Crippen LogP contribution in [0.4, 0.5) is 15.8 Å². The number of fused-ring (bicyclic) bond motifs is 5. The molecule has 0 aliphatic carbocycles. The topological polar surface area (TPSA) is 97.1 Å². The third-order valence-corrected chi connectivity index (χ3v) is 7.80. The predicted molar refractivity (Wildman–Crippen MR) is 130 cm³/mol. The van der Waals surface area contributed by atoms with Crippen molar-refractivity contribution < 1.29 is 9.18 Å². The standard InChI is InChI=1S/C27H16FN5OS/c28-20-9-3-1-7-16(20)15-32-21-10-4-2-8-17(21)27(26(32)34)18(13-29)24(31)33-22-11-5-6-12-23(22)35-25(33)19(27)14-30/h1-12H,15,31H2/t27-/m1/s1. The minimum Gasteiger partial charge on any atom is -0.384 e. The summed E-state index contributed by atoms with van der Waals surface area (Å²) in [7, 11) is 0. The fourth-order valence-corrected chi connectivity index (χ4v) is 6.35. The van der Waals surface area contributed by atoms with Gasteiger partial charge in [-0.3, -0.25) is 9.69 Å². The third kappa shape index (κ3) is 2.60. The van der Waals surface area contributed by atoms with Crippen LogP contribution < -0.4 is 15.5 Å². The van der Waals surface area contributed by atoms with E-state index in [-0.39, 0.29) is 23.5 Å². The van der Waals surface area contributed by atoms with E-state index in [1.54, 1.807) is 47.4 Å². The summed E-state index contributed by atoms with van der Waals surface area (Å²) in [5.41, 5.74) is 7.10. The van der Waals surface area contributed by atoms with Crippen molar-refractivity contribution in [2.75, 3.05) is 9.80 Å². The van der Waals surface area contributed by atoms with Gasteiger partial charge >= 0.3 is 0 Å². The average Bonchev–Trinajstić information content (AvgIpc) is 3.37. The Morgan fingerprint density at radius 2 is 1.57 bits per heavy atom. The van der Waals surface area contributed by atoms with E-state index < -0.39 is 17.1 Å². The summed E-state index contributed by atoms with van der Waals surface area (Å²) in [6.45, 7) is -0.0476. The largest absolute Gasteiger partial charge is 0.384 e. The number of thioether (sulfide) groups is 1. The molecule has 0 saturated carbocycles. The van der Waals surface area contributed by atoms with E-state index in [1.165, 1.54) is 22.7 Å². The van der Waals surface area contributed by atoms with Crippen LogP contribution in [0.15, 0.2) is 99.7 Å². The summed E-state index contributed by atoms with van der Waals surface area (Å²) >= 11 is 1.34. The minimum absolute atomic E-state index is 0.0106. The van der Waals surface area contributed by atoms with Crippen LogP contribution in [-0.4, -0.2) is 5.91 Å². The van der Waals surface area contributed by atoms with Gasteiger partial charge in [-0.2, -0.15) is 10.5 Å². The van der Waals surface area contributed by atoms with Gasteiger partial charge in [0.05, 0.1) is 29.4 Å². The highest BCUT2D eigenvalue weighted by Gasteiger charge is 2.61. The summed E-state index contributed by atoms with van der Waals surface area (Å²) < 4.78 is 14.6. The molecule has 8 heteroatoms. The molecular weight excluding hydrogens is 461 g/mol. The molecule has 6 nitrogen and oxygen atoms in total.